The van der Waals surface area contributed by atoms with Crippen LogP contribution in [0, 0.1) is 5.82 Å². The summed E-state index contributed by atoms with van der Waals surface area (Å²) in [4.78, 5) is 0. The topological polar surface area (TPSA) is 24.1 Å². The van der Waals surface area contributed by atoms with Crippen molar-refractivity contribution in [3.63, 3.8) is 0 Å². The predicted octanol–water partition coefficient (Wildman–Crippen LogP) is 2.94. The van der Waals surface area contributed by atoms with Gasteiger partial charge in [-0.15, -0.1) is 0 Å². The molecule has 2 N–H and O–H groups in total. The number of rotatable bonds is 4. The van der Waals surface area contributed by atoms with Crippen molar-refractivity contribution in [2.75, 3.05) is 5.43 Å². The van der Waals surface area contributed by atoms with Gasteiger partial charge in [0.15, 0.2) is 0 Å². The Labute approximate surface area is 94.1 Å². The lowest BCUT2D eigenvalue weighted by molar-refractivity contribution is 0.600. The van der Waals surface area contributed by atoms with Gasteiger partial charge in [0.1, 0.15) is 5.82 Å². The van der Waals surface area contributed by atoms with Gasteiger partial charge in [0.25, 0.3) is 0 Å². The molecule has 2 aromatic rings. The Morgan fingerprint density at radius 2 is 1.56 bits per heavy atom. The van der Waals surface area contributed by atoms with Gasteiger partial charge in [0, 0.05) is 17.8 Å². The lowest BCUT2D eigenvalue weighted by atomic mass is 10.2. The molecule has 2 rings (SSSR count). The maximum Gasteiger partial charge on any atom is 0.127 e. The average Bonchev–Trinajstić information content (AvgIpc) is 2.33. The molecule has 0 saturated heterocycles. The first-order valence-corrected chi connectivity index (χ1v) is 5.13. The van der Waals surface area contributed by atoms with Gasteiger partial charge in [0.05, 0.1) is 0 Å². The fourth-order valence-corrected chi connectivity index (χ4v) is 1.40. The summed E-state index contributed by atoms with van der Waals surface area (Å²) in [5.41, 5.74) is 7.57. The summed E-state index contributed by atoms with van der Waals surface area (Å²) < 4.78 is 13.2. The van der Waals surface area contributed by atoms with E-state index in [1.807, 2.05) is 36.4 Å². The van der Waals surface area contributed by atoms with E-state index in [0.717, 1.165) is 5.69 Å². The highest BCUT2D eigenvalue weighted by atomic mass is 19.1. The van der Waals surface area contributed by atoms with E-state index in [0.29, 0.717) is 12.1 Å². The van der Waals surface area contributed by atoms with Crippen molar-refractivity contribution >= 4 is 5.69 Å². The molecule has 0 atom stereocenters. The van der Waals surface area contributed by atoms with Crippen LogP contribution in [0.15, 0.2) is 54.6 Å². The van der Waals surface area contributed by atoms with E-state index < -0.39 is 0 Å². The molecular formula is C13H13FN2. The summed E-state index contributed by atoms with van der Waals surface area (Å²) in [5.74, 6) is -0.190. The van der Waals surface area contributed by atoms with Gasteiger partial charge in [-0.25, -0.2) is 9.82 Å². The molecule has 82 valence electrons. The monoisotopic (exact) mass is 216 g/mol. The summed E-state index contributed by atoms with van der Waals surface area (Å²) in [5, 5.41) is 0. The number of benzene rings is 2. The molecule has 0 aliphatic heterocycles. The minimum absolute atomic E-state index is 0.190. The number of hydrogen-bond donors (Lipinski definition) is 2. The van der Waals surface area contributed by atoms with Crippen molar-refractivity contribution in [3.05, 3.63) is 66.0 Å². The quantitative estimate of drug-likeness (QED) is 0.768. The van der Waals surface area contributed by atoms with Gasteiger partial charge in [-0.3, -0.25) is 0 Å². The van der Waals surface area contributed by atoms with Crippen molar-refractivity contribution in [2.45, 2.75) is 6.54 Å². The second-order valence-corrected chi connectivity index (χ2v) is 3.44. The van der Waals surface area contributed by atoms with E-state index in [1.165, 1.54) is 6.07 Å². The zero-order chi connectivity index (χ0) is 11.2. The Kier molecular flexibility index (Phi) is 3.51. The van der Waals surface area contributed by atoms with Crippen molar-refractivity contribution in [2.24, 2.45) is 0 Å². The fourth-order valence-electron chi connectivity index (χ4n) is 1.40. The standard InChI is InChI=1S/C13H13FN2/c14-13-9-5-4-6-11(13)10-15-16-12-7-2-1-3-8-12/h1-9,15-16H,10H2. The Morgan fingerprint density at radius 1 is 0.875 bits per heavy atom. The van der Waals surface area contributed by atoms with Crippen LogP contribution in [0.25, 0.3) is 0 Å². The van der Waals surface area contributed by atoms with Crippen LogP contribution in [0.2, 0.25) is 0 Å². The highest BCUT2D eigenvalue weighted by molar-refractivity contribution is 5.41. The van der Waals surface area contributed by atoms with Crippen LogP contribution in [0.1, 0.15) is 5.56 Å². The summed E-state index contributed by atoms with van der Waals surface area (Å²) in [7, 11) is 0. The van der Waals surface area contributed by atoms with E-state index >= 15 is 0 Å². The van der Waals surface area contributed by atoms with Crippen molar-refractivity contribution in [1.82, 2.24) is 5.43 Å². The van der Waals surface area contributed by atoms with E-state index in [1.54, 1.807) is 12.1 Å². The summed E-state index contributed by atoms with van der Waals surface area (Å²) >= 11 is 0. The maximum absolute atomic E-state index is 13.2. The second-order valence-electron chi connectivity index (χ2n) is 3.44. The lowest BCUT2D eigenvalue weighted by Gasteiger charge is -2.08. The molecule has 0 fully saturated rings. The van der Waals surface area contributed by atoms with Gasteiger partial charge < -0.3 is 5.43 Å². The third kappa shape index (κ3) is 2.81. The van der Waals surface area contributed by atoms with Crippen LogP contribution >= 0.6 is 0 Å². The predicted molar refractivity (Wildman–Crippen MR) is 63.3 cm³/mol. The largest absolute Gasteiger partial charge is 0.321 e. The fraction of sp³-hybridized carbons (Fsp3) is 0.0769. The molecular weight excluding hydrogens is 203 g/mol. The van der Waals surface area contributed by atoms with Crippen LogP contribution in [-0.4, -0.2) is 0 Å². The highest BCUT2D eigenvalue weighted by Gasteiger charge is 1.98. The third-order valence-corrected chi connectivity index (χ3v) is 2.24. The Morgan fingerprint density at radius 3 is 2.31 bits per heavy atom. The molecule has 0 saturated carbocycles. The van der Waals surface area contributed by atoms with Crippen LogP contribution < -0.4 is 10.9 Å². The van der Waals surface area contributed by atoms with E-state index in [4.69, 9.17) is 0 Å². The molecule has 0 aliphatic carbocycles. The lowest BCUT2D eigenvalue weighted by Crippen LogP contribution is -2.21. The first-order valence-electron chi connectivity index (χ1n) is 5.13. The minimum atomic E-state index is -0.190. The number of hydrogen-bond acceptors (Lipinski definition) is 2. The van der Waals surface area contributed by atoms with Gasteiger partial charge in [0.2, 0.25) is 0 Å². The van der Waals surface area contributed by atoms with Gasteiger partial charge in [-0.05, 0) is 18.2 Å². The van der Waals surface area contributed by atoms with Crippen molar-refractivity contribution in [1.29, 1.82) is 0 Å². The molecule has 0 amide bonds. The highest BCUT2D eigenvalue weighted by Crippen LogP contribution is 2.06. The second kappa shape index (κ2) is 5.28. The van der Waals surface area contributed by atoms with Crippen LogP contribution in [0.5, 0.6) is 0 Å². The van der Waals surface area contributed by atoms with Gasteiger partial charge >= 0.3 is 0 Å². The molecule has 2 nitrogen and oxygen atoms in total. The van der Waals surface area contributed by atoms with Crippen LogP contribution in [-0.2, 0) is 6.54 Å². The Balaban J connectivity index is 1.87. The molecule has 0 heterocycles. The first kappa shape index (κ1) is 10.6. The van der Waals surface area contributed by atoms with E-state index in [2.05, 4.69) is 10.9 Å². The maximum atomic E-state index is 13.2. The number of hydrazine groups is 1. The number of anilines is 1. The van der Waals surface area contributed by atoms with Crippen molar-refractivity contribution < 1.29 is 4.39 Å². The molecule has 16 heavy (non-hydrogen) atoms. The molecule has 0 aliphatic rings. The normalized spacial score (nSPS) is 10.1. The molecule has 0 bridgehead atoms. The van der Waals surface area contributed by atoms with E-state index in [-0.39, 0.29) is 5.82 Å². The Hall–Kier alpha value is -1.87. The number of nitrogens with one attached hydrogen (secondary N) is 2. The van der Waals surface area contributed by atoms with E-state index in [9.17, 15) is 4.39 Å². The van der Waals surface area contributed by atoms with Crippen LogP contribution in [0.4, 0.5) is 10.1 Å². The third-order valence-electron chi connectivity index (χ3n) is 2.24. The van der Waals surface area contributed by atoms with Crippen molar-refractivity contribution in [3.8, 4) is 0 Å². The molecule has 0 unspecified atom stereocenters. The molecule has 3 heteroatoms. The molecule has 0 aromatic heterocycles. The zero-order valence-corrected chi connectivity index (χ0v) is 8.78. The first-order chi connectivity index (χ1) is 7.86. The molecule has 2 aromatic carbocycles. The minimum Gasteiger partial charge on any atom is -0.321 e. The summed E-state index contributed by atoms with van der Waals surface area (Å²) in [6, 6.07) is 16.4. The summed E-state index contributed by atoms with van der Waals surface area (Å²) in [6.45, 7) is 0.446. The smallest absolute Gasteiger partial charge is 0.127 e. The number of para-hydroxylation sites is 1. The molecule has 0 radical (unpaired) electrons. The van der Waals surface area contributed by atoms with Gasteiger partial charge in [-0.2, -0.15) is 0 Å². The van der Waals surface area contributed by atoms with Crippen LogP contribution in [0.3, 0.4) is 0 Å². The number of halogens is 1. The van der Waals surface area contributed by atoms with Gasteiger partial charge in [-0.1, -0.05) is 36.4 Å². The molecule has 0 spiro atoms. The average molecular weight is 216 g/mol. The summed E-state index contributed by atoms with van der Waals surface area (Å²) in [6.07, 6.45) is 0. The zero-order valence-electron chi connectivity index (χ0n) is 8.78. The Bertz CT molecular complexity index is 443. The SMILES string of the molecule is Fc1ccccc1CNNc1ccccc1.